The molecular formula is C12H11ClN4O. The van der Waals surface area contributed by atoms with E-state index >= 15 is 0 Å². The average molecular weight is 263 g/mol. The molecule has 2 rings (SSSR count). The second-order valence-corrected chi connectivity index (χ2v) is 4.12. The molecule has 92 valence electrons. The molecule has 0 aliphatic rings. The topological polar surface area (TPSA) is 80.9 Å². The van der Waals surface area contributed by atoms with Crippen LogP contribution < -0.4 is 11.1 Å². The fourth-order valence-corrected chi connectivity index (χ4v) is 1.59. The summed E-state index contributed by atoms with van der Waals surface area (Å²) in [6.07, 6.45) is 1.47. The van der Waals surface area contributed by atoms with Crippen LogP contribution in [0.2, 0.25) is 5.15 Å². The second-order valence-electron chi connectivity index (χ2n) is 3.73. The predicted molar refractivity (Wildman–Crippen MR) is 70.6 cm³/mol. The molecule has 0 unspecified atom stereocenters. The third-order valence-electron chi connectivity index (χ3n) is 2.35. The monoisotopic (exact) mass is 262 g/mol. The zero-order chi connectivity index (χ0) is 13.1. The van der Waals surface area contributed by atoms with Gasteiger partial charge in [-0.15, -0.1) is 0 Å². The lowest BCUT2D eigenvalue weighted by Gasteiger charge is -2.07. The lowest BCUT2D eigenvalue weighted by atomic mass is 10.1. The third kappa shape index (κ3) is 2.75. The van der Waals surface area contributed by atoms with E-state index in [1.54, 1.807) is 18.2 Å². The van der Waals surface area contributed by atoms with Crippen LogP contribution in [0.25, 0.3) is 0 Å². The maximum absolute atomic E-state index is 12.0. The van der Waals surface area contributed by atoms with Crippen LogP contribution in [-0.4, -0.2) is 15.9 Å². The third-order valence-corrected chi connectivity index (χ3v) is 2.56. The van der Waals surface area contributed by atoms with E-state index in [4.69, 9.17) is 17.3 Å². The molecule has 0 bridgehead atoms. The zero-order valence-electron chi connectivity index (χ0n) is 9.64. The van der Waals surface area contributed by atoms with Crippen molar-refractivity contribution in [2.75, 3.05) is 11.1 Å². The first-order chi connectivity index (χ1) is 8.56. The van der Waals surface area contributed by atoms with Crippen LogP contribution in [0.4, 0.5) is 11.6 Å². The van der Waals surface area contributed by atoms with Gasteiger partial charge in [-0.25, -0.2) is 9.97 Å². The summed E-state index contributed by atoms with van der Waals surface area (Å²) in [5.41, 5.74) is 7.48. The van der Waals surface area contributed by atoms with Gasteiger partial charge in [-0.1, -0.05) is 17.7 Å². The molecule has 0 saturated carbocycles. The Labute approximate surface area is 109 Å². The quantitative estimate of drug-likeness (QED) is 0.643. The van der Waals surface area contributed by atoms with Gasteiger partial charge in [0.05, 0.1) is 0 Å². The van der Waals surface area contributed by atoms with Crippen LogP contribution in [0.3, 0.4) is 0 Å². The summed E-state index contributed by atoms with van der Waals surface area (Å²) in [6.45, 7) is 1.83. The second kappa shape index (κ2) is 5.01. The first kappa shape index (κ1) is 12.3. The van der Waals surface area contributed by atoms with E-state index in [-0.39, 0.29) is 17.0 Å². The minimum atomic E-state index is -0.318. The molecule has 1 heterocycles. The van der Waals surface area contributed by atoms with Crippen molar-refractivity contribution in [1.29, 1.82) is 0 Å². The number of rotatable bonds is 2. The highest BCUT2D eigenvalue weighted by Crippen LogP contribution is 2.14. The number of nitrogens with two attached hydrogens (primary N) is 1. The predicted octanol–water partition coefficient (Wildman–Crippen LogP) is 2.27. The van der Waals surface area contributed by atoms with Gasteiger partial charge in [0.2, 0.25) is 5.95 Å². The van der Waals surface area contributed by atoms with Gasteiger partial charge in [0.15, 0.2) is 0 Å². The molecule has 0 atom stereocenters. The van der Waals surface area contributed by atoms with Gasteiger partial charge in [-0.2, -0.15) is 0 Å². The molecule has 0 aliphatic carbocycles. The van der Waals surface area contributed by atoms with Crippen LogP contribution >= 0.6 is 11.6 Å². The zero-order valence-corrected chi connectivity index (χ0v) is 10.4. The minimum Gasteiger partial charge on any atom is -0.399 e. The number of nitrogen functional groups attached to an aromatic ring is 1. The SMILES string of the molecule is Cc1ccc(N)cc1C(=O)Nc1nccc(Cl)n1. The van der Waals surface area contributed by atoms with Crippen molar-refractivity contribution >= 4 is 29.1 Å². The molecule has 2 aromatic rings. The molecule has 1 aromatic carbocycles. The molecule has 1 aromatic heterocycles. The molecule has 18 heavy (non-hydrogen) atoms. The maximum Gasteiger partial charge on any atom is 0.258 e. The number of halogens is 1. The fourth-order valence-electron chi connectivity index (χ4n) is 1.45. The number of nitrogens with one attached hydrogen (secondary N) is 1. The highest BCUT2D eigenvalue weighted by atomic mass is 35.5. The van der Waals surface area contributed by atoms with Gasteiger partial charge in [-0.05, 0) is 30.7 Å². The molecule has 0 fully saturated rings. The highest BCUT2D eigenvalue weighted by Gasteiger charge is 2.11. The number of carbonyl (C=O) groups is 1. The number of aromatic nitrogens is 2. The molecule has 0 aliphatic heterocycles. The highest BCUT2D eigenvalue weighted by molar-refractivity contribution is 6.29. The number of hydrogen-bond donors (Lipinski definition) is 2. The number of anilines is 2. The summed E-state index contributed by atoms with van der Waals surface area (Å²) in [7, 11) is 0. The van der Waals surface area contributed by atoms with Crippen molar-refractivity contribution in [1.82, 2.24) is 9.97 Å². The van der Waals surface area contributed by atoms with E-state index in [9.17, 15) is 4.79 Å². The van der Waals surface area contributed by atoms with E-state index in [1.807, 2.05) is 6.92 Å². The average Bonchev–Trinajstić information content (AvgIpc) is 2.32. The summed E-state index contributed by atoms with van der Waals surface area (Å²) in [5.74, 6) is -0.156. The van der Waals surface area contributed by atoms with Crippen molar-refractivity contribution in [2.24, 2.45) is 0 Å². The molecule has 0 spiro atoms. The van der Waals surface area contributed by atoms with Gasteiger partial charge in [0.25, 0.3) is 5.91 Å². The van der Waals surface area contributed by atoms with Crippen molar-refractivity contribution in [2.45, 2.75) is 6.92 Å². The summed E-state index contributed by atoms with van der Waals surface area (Å²) >= 11 is 5.71. The van der Waals surface area contributed by atoms with E-state index in [2.05, 4.69) is 15.3 Å². The van der Waals surface area contributed by atoms with E-state index in [0.29, 0.717) is 11.3 Å². The molecule has 5 nitrogen and oxygen atoms in total. The van der Waals surface area contributed by atoms with Crippen LogP contribution in [0.15, 0.2) is 30.5 Å². The van der Waals surface area contributed by atoms with Gasteiger partial charge < -0.3 is 5.73 Å². The van der Waals surface area contributed by atoms with Crippen LogP contribution in [0.1, 0.15) is 15.9 Å². The Bertz CT molecular complexity index is 600. The standard InChI is InChI=1S/C12H11ClN4O/c1-7-2-3-8(14)6-9(7)11(18)17-12-15-5-4-10(13)16-12/h2-6H,14H2,1H3,(H,15,16,17,18). The number of amides is 1. The summed E-state index contributed by atoms with van der Waals surface area (Å²) in [5, 5.41) is 2.83. The number of aryl methyl sites for hydroxylation is 1. The van der Waals surface area contributed by atoms with Crippen LogP contribution in [0, 0.1) is 6.92 Å². The normalized spacial score (nSPS) is 10.1. The number of hydrogen-bond acceptors (Lipinski definition) is 4. The van der Waals surface area contributed by atoms with Crippen molar-refractivity contribution in [3.63, 3.8) is 0 Å². The van der Waals surface area contributed by atoms with Gasteiger partial charge >= 0.3 is 0 Å². The largest absolute Gasteiger partial charge is 0.399 e. The molecule has 0 radical (unpaired) electrons. The van der Waals surface area contributed by atoms with Crippen molar-refractivity contribution < 1.29 is 4.79 Å². The Kier molecular flexibility index (Phi) is 3.43. The molecular weight excluding hydrogens is 252 g/mol. The Balaban J connectivity index is 2.24. The molecule has 3 N–H and O–H groups in total. The molecule has 0 saturated heterocycles. The van der Waals surface area contributed by atoms with Crippen LogP contribution in [-0.2, 0) is 0 Å². The van der Waals surface area contributed by atoms with Crippen LogP contribution in [0.5, 0.6) is 0 Å². The van der Waals surface area contributed by atoms with E-state index in [0.717, 1.165) is 5.56 Å². The van der Waals surface area contributed by atoms with Crippen molar-refractivity contribution in [3.8, 4) is 0 Å². The Hall–Kier alpha value is -2.14. The Morgan fingerprint density at radius 2 is 2.17 bits per heavy atom. The number of nitrogens with zero attached hydrogens (tertiary/aromatic N) is 2. The summed E-state index contributed by atoms with van der Waals surface area (Å²) < 4.78 is 0. The Morgan fingerprint density at radius 1 is 1.39 bits per heavy atom. The van der Waals surface area contributed by atoms with Gasteiger partial charge in [0.1, 0.15) is 5.15 Å². The maximum atomic E-state index is 12.0. The van der Waals surface area contributed by atoms with Crippen molar-refractivity contribution in [3.05, 3.63) is 46.7 Å². The summed E-state index contributed by atoms with van der Waals surface area (Å²) in [6, 6.07) is 6.66. The summed E-state index contributed by atoms with van der Waals surface area (Å²) in [4.78, 5) is 19.8. The van der Waals surface area contributed by atoms with Gasteiger partial charge in [-0.3, -0.25) is 10.1 Å². The first-order valence-electron chi connectivity index (χ1n) is 5.22. The minimum absolute atomic E-state index is 0.161. The number of carbonyl (C=O) groups excluding carboxylic acids is 1. The van der Waals surface area contributed by atoms with E-state index < -0.39 is 0 Å². The lowest BCUT2D eigenvalue weighted by molar-refractivity contribution is 0.102. The molecule has 1 amide bonds. The van der Waals surface area contributed by atoms with E-state index in [1.165, 1.54) is 12.3 Å². The Morgan fingerprint density at radius 3 is 2.89 bits per heavy atom. The molecule has 6 heteroatoms. The van der Waals surface area contributed by atoms with Gasteiger partial charge in [0, 0.05) is 17.4 Å². The number of benzene rings is 1. The first-order valence-corrected chi connectivity index (χ1v) is 5.60. The fraction of sp³-hybridized carbons (Fsp3) is 0.0833. The lowest BCUT2D eigenvalue weighted by Crippen LogP contribution is -2.15. The smallest absolute Gasteiger partial charge is 0.258 e.